The van der Waals surface area contributed by atoms with Gasteiger partial charge in [0.1, 0.15) is 17.5 Å². The van der Waals surface area contributed by atoms with Gasteiger partial charge in [0.25, 0.3) is 0 Å². The zero-order valence-corrected chi connectivity index (χ0v) is 19.4. The summed E-state index contributed by atoms with van der Waals surface area (Å²) in [6.45, 7) is 2.33. The van der Waals surface area contributed by atoms with E-state index in [2.05, 4.69) is 6.92 Å². The molecule has 1 saturated carbocycles. The second kappa shape index (κ2) is 11.0. The summed E-state index contributed by atoms with van der Waals surface area (Å²) in [4.78, 5) is 0. The molecule has 162 valence electrons. The smallest absolute Gasteiger partial charge is 0.147 e. The molecule has 0 aromatic heterocycles. The molecule has 0 radical (unpaired) electrons. The van der Waals surface area contributed by atoms with Crippen molar-refractivity contribution in [2.75, 3.05) is 0 Å². The molecule has 1 heterocycles. The summed E-state index contributed by atoms with van der Waals surface area (Å²) in [5, 5.41) is 0. The van der Waals surface area contributed by atoms with Crippen molar-refractivity contribution in [3.63, 3.8) is 0 Å². The molecule has 29 heavy (non-hydrogen) atoms. The van der Waals surface area contributed by atoms with Crippen molar-refractivity contribution in [3.05, 3.63) is 40.4 Å². The molecular weight excluding hydrogens is 409 g/mol. The molecular formula is C24H34ClF3Si. The Balaban J connectivity index is 1.45. The highest BCUT2D eigenvalue weighted by molar-refractivity contribution is 6.58. The third kappa shape index (κ3) is 6.13. The second-order valence-corrected chi connectivity index (χ2v) is 13.0. The fourth-order valence-electron chi connectivity index (χ4n) is 5.73. The van der Waals surface area contributed by atoms with Gasteiger partial charge in [-0.3, -0.25) is 0 Å². The van der Waals surface area contributed by atoms with Gasteiger partial charge in [0.05, 0.1) is 5.56 Å². The molecule has 0 amide bonds. The molecule has 2 aliphatic rings. The lowest BCUT2D eigenvalue weighted by Crippen LogP contribution is -2.28. The van der Waals surface area contributed by atoms with E-state index >= 15 is 0 Å². The summed E-state index contributed by atoms with van der Waals surface area (Å²) < 4.78 is 41.6. The maximum atomic E-state index is 14.1. The molecule has 1 aromatic rings. The Morgan fingerprint density at radius 1 is 1.03 bits per heavy atom. The van der Waals surface area contributed by atoms with Gasteiger partial charge in [0.2, 0.25) is 0 Å². The summed E-state index contributed by atoms with van der Waals surface area (Å²) in [6, 6.07) is 7.16. The standard InChI is InChI=1S/C24H34ClF3Si/c1-2-11-29-12-9-20(10-13-29)19-7-5-17(6-8-19)3-4-18-14-21(26)24(22(27)15-18)23(28)16-25/h14-17,19-20,29H,2-13H2,1H3/b23-16-/t17-,19-,20?,29?. The van der Waals surface area contributed by atoms with Crippen LogP contribution in [-0.4, -0.2) is 8.80 Å². The minimum absolute atomic E-state index is 0.394. The number of benzene rings is 1. The lowest BCUT2D eigenvalue weighted by atomic mass is 9.73. The van der Waals surface area contributed by atoms with Crippen molar-refractivity contribution < 1.29 is 13.2 Å². The zero-order valence-electron chi connectivity index (χ0n) is 17.5. The van der Waals surface area contributed by atoms with Gasteiger partial charge in [-0.05, 0) is 61.1 Å². The summed E-state index contributed by atoms with van der Waals surface area (Å²) in [5.74, 6) is -0.319. The Bertz CT molecular complexity index is 666. The first-order valence-electron chi connectivity index (χ1n) is 11.5. The van der Waals surface area contributed by atoms with Crippen LogP contribution in [-0.2, 0) is 6.42 Å². The highest BCUT2D eigenvalue weighted by Gasteiger charge is 2.31. The van der Waals surface area contributed by atoms with Crippen LogP contribution < -0.4 is 0 Å². The van der Waals surface area contributed by atoms with Crippen LogP contribution in [0.5, 0.6) is 0 Å². The molecule has 0 nitrogen and oxygen atoms in total. The highest BCUT2D eigenvalue weighted by atomic mass is 35.5. The first kappa shape index (κ1) is 22.9. The van der Waals surface area contributed by atoms with Crippen LogP contribution in [0.25, 0.3) is 5.83 Å². The minimum atomic E-state index is -1.07. The van der Waals surface area contributed by atoms with Gasteiger partial charge in [0.15, 0.2) is 0 Å². The topological polar surface area (TPSA) is 0 Å². The van der Waals surface area contributed by atoms with E-state index in [4.69, 9.17) is 11.6 Å². The summed E-state index contributed by atoms with van der Waals surface area (Å²) in [6.07, 6.45) is 11.0. The molecule has 1 aromatic carbocycles. The van der Waals surface area contributed by atoms with Crippen molar-refractivity contribution in [1.29, 1.82) is 0 Å². The fourth-order valence-corrected chi connectivity index (χ4v) is 9.32. The van der Waals surface area contributed by atoms with Crippen LogP contribution >= 0.6 is 11.6 Å². The Morgan fingerprint density at radius 2 is 1.62 bits per heavy atom. The SMILES string of the molecule is CCC[SiH]1CCC([C@H]2CC[C@H](CCc3cc(F)c(/C(F)=C/Cl)c(F)c3)CC2)CC1. The summed E-state index contributed by atoms with van der Waals surface area (Å²) >= 11 is 5.25. The van der Waals surface area contributed by atoms with Gasteiger partial charge in [-0.25, -0.2) is 13.2 Å². The molecule has 1 aliphatic heterocycles. The average Bonchev–Trinajstić information content (AvgIpc) is 2.73. The summed E-state index contributed by atoms with van der Waals surface area (Å²) in [5.41, 5.74) is 0.506. The molecule has 5 heteroatoms. The Hall–Kier alpha value is -0.743. The Kier molecular flexibility index (Phi) is 8.73. The number of aryl methyl sites for hydroxylation is 1. The highest BCUT2D eigenvalue weighted by Crippen LogP contribution is 2.42. The number of halogens is 4. The van der Waals surface area contributed by atoms with Crippen LogP contribution in [0.1, 0.15) is 69.4 Å². The second-order valence-electron chi connectivity index (χ2n) is 9.28. The van der Waals surface area contributed by atoms with Crippen LogP contribution in [0.3, 0.4) is 0 Å². The third-order valence-corrected chi connectivity index (χ3v) is 11.3. The lowest BCUT2D eigenvalue weighted by molar-refractivity contribution is 0.186. The van der Waals surface area contributed by atoms with E-state index < -0.39 is 31.8 Å². The van der Waals surface area contributed by atoms with E-state index in [1.54, 1.807) is 12.1 Å². The molecule has 0 atom stereocenters. The van der Waals surface area contributed by atoms with E-state index in [0.29, 0.717) is 23.4 Å². The predicted octanol–water partition coefficient (Wildman–Crippen LogP) is 8.26. The van der Waals surface area contributed by atoms with Crippen molar-refractivity contribution in [2.45, 2.75) is 82.8 Å². The van der Waals surface area contributed by atoms with Crippen LogP contribution in [0.15, 0.2) is 17.7 Å². The first-order chi connectivity index (χ1) is 14.0. The maximum Gasteiger partial charge on any atom is 0.147 e. The molecule has 0 spiro atoms. The molecule has 0 unspecified atom stereocenters. The van der Waals surface area contributed by atoms with E-state index in [0.717, 1.165) is 18.3 Å². The molecule has 2 fully saturated rings. The van der Waals surface area contributed by atoms with Crippen molar-refractivity contribution in [1.82, 2.24) is 0 Å². The normalized spacial score (nSPS) is 28.5. The van der Waals surface area contributed by atoms with E-state index in [1.807, 2.05) is 0 Å². The molecule has 1 saturated heterocycles. The monoisotopic (exact) mass is 442 g/mol. The first-order valence-corrected chi connectivity index (χ1v) is 14.3. The van der Waals surface area contributed by atoms with Gasteiger partial charge >= 0.3 is 0 Å². The van der Waals surface area contributed by atoms with E-state index in [9.17, 15) is 13.2 Å². The van der Waals surface area contributed by atoms with Gasteiger partial charge in [-0.15, -0.1) is 0 Å². The largest absolute Gasteiger partial charge is 0.206 e. The lowest BCUT2D eigenvalue weighted by Gasteiger charge is -2.37. The quantitative estimate of drug-likeness (QED) is 0.373. The van der Waals surface area contributed by atoms with Crippen molar-refractivity contribution in [2.24, 2.45) is 17.8 Å². The van der Waals surface area contributed by atoms with Crippen LogP contribution in [0.2, 0.25) is 18.1 Å². The van der Waals surface area contributed by atoms with Gasteiger partial charge in [-0.2, -0.15) is 0 Å². The van der Waals surface area contributed by atoms with Crippen LogP contribution in [0, 0.1) is 29.4 Å². The average molecular weight is 443 g/mol. The van der Waals surface area contributed by atoms with Crippen molar-refractivity contribution in [3.8, 4) is 0 Å². The molecule has 1 aliphatic carbocycles. The van der Waals surface area contributed by atoms with Crippen molar-refractivity contribution >= 4 is 26.2 Å². The molecule has 3 rings (SSSR count). The van der Waals surface area contributed by atoms with E-state index in [1.165, 1.54) is 63.1 Å². The van der Waals surface area contributed by atoms with Crippen LogP contribution in [0.4, 0.5) is 13.2 Å². The Labute approximate surface area is 180 Å². The maximum absolute atomic E-state index is 14.1. The number of hydrogen-bond acceptors (Lipinski definition) is 0. The number of hydrogen-bond donors (Lipinski definition) is 0. The summed E-state index contributed by atoms with van der Waals surface area (Å²) in [7, 11) is -0.394. The van der Waals surface area contributed by atoms with E-state index in [-0.39, 0.29) is 0 Å². The predicted molar refractivity (Wildman–Crippen MR) is 120 cm³/mol. The van der Waals surface area contributed by atoms with Gasteiger partial charge in [0, 0.05) is 14.3 Å². The molecule has 0 N–H and O–H groups in total. The fraction of sp³-hybridized carbons (Fsp3) is 0.667. The molecule has 0 bridgehead atoms. The third-order valence-electron chi connectivity index (χ3n) is 7.42. The van der Waals surface area contributed by atoms with Gasteiger partial charge in [-0.1, -0.05) is 68.8 Å². The Morgan fingerprint density at radius 3 is 2.17 bits per heavy atom. The van der Waals surface area contributed by atoms with Gasteiger partial charge < -0.3 is 0 Å². The zero-order chi connectivity index (χ0) is 20.8. The minimum Gasteiger partial charge on any atom is -0.206 e. The number of rotatable bonds is 7.